The van der Waals surface area contributed by atoms with Gasteiger partial charge in [-0.2, -0.15) is 4.68 Å². The fraction of sp³-hybridized carbons (Fsp3) is 0.391. The molecule has 2 N–H and O–H groups in total. The molecule has 0 unspecified atom stereocenters. The average molecular weight is 426 g/mol. The van der Waals surface area contributed by atoms with Gasteiger partial charge in [0.2, 0.25) is 4.77 Å². The molecule has 4 rings (SSSR count). The number of aromatic nitrogens is 3. The molecule has 30 heavy (non-hydrogen) atoms. The lowest BCUT2D eigenvalue weighted by molar-refractivity contribution is -0.929. The van der Waals surface area contributed by atoms with Gasteiger partial charge in [0.1, 0.15) is 5.75 Å². The van der Waals surface area contributed by atoms with Gasteiger partial charge in [0.15, 0.2) is 12.5 Å². The van der Waals surface area contributed by atoms with Gasteiger partial charge in [-0.25, -0.2) is 0 Å². The number of aliphatic hydroxyl groups excluding tert-OH is 1. The Kier molecular flexibility index (Phi) is 6.62. The predicted molar refractivity (Wildman–Crippen MR) is 119 cm³/mol. The number of nitrogens with one attached hydrogen (secondary N) is 1. The lowest BCUT2D eigenvalue weighted by Crippen LogP contribution is -3.12. The summed E-state index contributed by atoms with van der Waals surface area (Å²) >= 11 is 5.84. The molecule has 3 aromatic rings. The molecule has 1 saturated heterocycles. The van der Waals surface area contributed by atoms with Crippen molar-refractivity contribution in [1.29, 1.82) is 0 Å². The quantitative estimate of drug-likeness (QED) is 0.571. The van der Waals surface area contributed by atoms with E-state index in [-0.39, 0.29) is 6.10 Å². The Labute approximate surface area is 182 Å². The molecule has 158 valence electrons. The van der Waals surface area contributed by atoms with E-state index in [9.17, 15) is 5.11 Å². The first-order chi connectivity index (χ1) is 14.6. The van der Waals surface area contributed by atoms with Crippen molar-refractivity contribution in [2.75, 3.05) is 20.2 Å². The van der Waals surface area contributed by atoms with Crippen LogP contribution in [0.3, 0.4) is 0 Å². The molecule has 1 aliphatic rings. The molecule has 7 heteroatoms. The van der Waals surface area contributed by atoms with E-state index in [0.717, 1.165) is 67.5 Å². The summed E-state index contributed by atoms with van der Waals surface area (Å²) in [5, 5.41) is 14.7. The number of piperidine rings is 1. The highest BCUT2D eigenvalue weighted by Gasteiger charge is 2.22. The monoisotopic (exact) mass is 425 g/mol. The van der Waals surface area contributed by atoms with Crippen LogP contribution in [0.25, 0.3) is 11.4 Å². The maximum atomic E-state index is 9.79. The zero-order valence-electron chi connectivity index (χ0n) is 17.3. The van der Waals surface area contributed by atoms with Crippen LogP contribution in [-0.4, -0.2) is 45.8 Å². The SMILES string of the molecule is COc1ccc(-c2nn(C[NH+]3CCC(O)CC3)c(=S)n2CCc2ccccc2)cc1. The van der Waals surface area contributed by atoms with Crippen molar-refractivity contribution in [2.24, 2.45) is 0 Å². The number of ether oxygens (including phenoxy) is 1. The zero-order chi connectivity index (χ0) is 20.9. The number of aliphatic hydroxyl groups is 1. The first-order valence-corrected chi connectivity index (χ1v) is 10.9. The van der Waals surface area contributed by atoms with Crippen molar-refractivity contribution >= 4 is 12.2 Å². The number of methoxy groups -OCH3 is 1. The Hall–Kier alpha value is -2.48. The number of aryl methyl sites for hydroxylation is 1. The summed E-state index contributed by atoms with van der Waals surface area (Å²) in [6.07, 6.45) is 2.40. The number of nitrogens with zero attached hydrogens (tertiary/aromatic N) is 3. The molecule has 0 aliphatic carbocycles. The number of hydrogen-bond acceptors (Lipinski definition) is 4. The van der Waals surface area contributed by atoms with Crippen molar-refractivity contribution in [3.8, 4) is 17.1 Å². The Morgan fingerprint density at radius 1 is 1.10 bits per heavy atom. The van der Waals surface area contributed by atoms with Gasteiger partial charge in [-0.15, -0.1) is 5.10 Å². The number of rotatable bonds is 7. The Bertz CT molecular complexity index is 1010. The van der Waals surface area contributed by atoms with Crippen LogP contribution >= 0.6 is 12.2 Å². The Morgan fingerprint density at radius 2 is 1.80 bits per heavy atom. The van der Waals surface area contributed by atoms with Gasteiger partial charge in [-0.3, -0.25) is 4.57 Å². The number of hydrogen-bond donors (Lipinski definition) is 2. The summed E-state index contributed by atoms with van der Waals surface area (Å²) in [5.41, 5.74) is 2.31. The minimum atomic E-state index is -0.167. The van der Waals surface area contributed by atoms with Crippen LogP contribution < -0.4 is 9.64 Å². The van der Waals surface area contributed by atoms with E-state index >= 15 is 0 Å². The summed E-state index contributed by atoms with van der Waals surface area (Å²) in [7, 11) is 1.67. The fourth-order valence-corrected chi connectivity index (χ4v) is 4.25. The van der Waals surface area contributed by atoms with E-state index < -0.39 is 0 Å². The van der Waals surface area contributed by atoms with E-state index in [1.54, 1.807) is 7.11 Å². The van der Waals surface area contributed by atoms with E-state index in [4.69, 9.17) is 22.1 Å². The zero-order valence-corrected chi connectivity index (χ0v) is 18.1. The van der Waals surface area contributed by atoms with E-state index in [2.05, 4.69) is 28.8 Å². The van der Waals surface area contributed by atoms with Crippen molar-refractivity contribution in [3.05, 3.63) is 64.9 Å². The van der Waals surface area contributed by atoms with Crippen molar-refractivity contribution in [2.45, 2.75) is 38.6 Å². The van der Waals surface area contributed by atoms with Crippen molar-refractivity contribution in [1.82, 2.24) is 14.3 Å². The van der Waals surface area contributed by atoms with Crippen molar-refractivity contribution < 1.29 is 14.7 Å². The minimum Gasteiger partial charge on any atom is -0.497 e. The third kappa shape index (κ3) is 4.80. The lowest BCUT2D eigenvalue weighted by Gasteiger charge is -2.26. The van der Waals surface area contributed by atoms with Gasteiger partial charge in [0.05, 0.1) is 26.3 Å². The van der Waals surface area contributed by atoms with Crippen LogP contribution in [-0.2, 0) is 19.6 Å². The largest absolute Gasteiger partial charge is 0.497 e. The van der Waals surface area contributed by atoms with Gasteiger partial charge in [0, 0.05) is 24.9 Å². The first-order valence-electron chi connectivity index (χ1n) is 10.5. The van der Waals surface area contributed by atoms with Gasteiger partial charge in [-0.05, 0) is 48.5 Å². The molecule has 0 radical (unpaired) electrons. The second-order valence-electron chi connectivity index (χ2n) is 7.86. The van der Waals surface area contributed by atoms with E-state index in [0.29, 0.717) is 0 Å². The van der Waals surface area contributed by atoms with Crippen LogP contribution in [0.2, 0.25) is 0 Å². The molecule has 1 aliphatic heterocycles. The number of quaternary nitrogens is 1. The first kappa shape index (κ1) is 20.8. The summed E-state index contributed by atoms with van der Waals surface area (Å²) in [5.74, 6) is 1.71. The Morgan fingerprint density at radius 3 is 2.47 bits per heavy atom. The highest BCUT2D eigenvalue weighted by molar-refractivity contribution is 7.71. The van der Waals surface area contributed by atoms with Crippen LogP contribution in [0, 0.1) is 4.77 Å². The number of likely N-dealkylation sites (tertiary alicyclic amines) is 1. The summed E-state index contributed by atoms with van der Waals surface area (Å²) in [4.78, 5) is 1.41. The summed E-state index contributed by atoms with van der Waals surface area (Å²) in [6.45, 7) is 3.39. The molecule has 2 aromatic carbocycles. The molecular formula is C23H29N4O2S+. The van der Waals surface area contributed by atoms with Gasteiger partial charge in [0.25, 0.3) is 0 Å². The third-order valence-corrected chi connectivity index (χ3v) is 6.20. The van der Waals surface area contributed by atoms with Crippen LogP contribution in [0.15, 0.2) is 54.6 Å². The Balaban J connectivity index is 1.62. The van der Waals surface area contributed by atoms with Crippen molar-refractivity contribution in [3.63, 3.8) is 0 Å². The van der Waals surface area contributed by atoms with E-state index in [1.165, 1.54) is 10.5 Å². The molecule has 1 aromatic heterocycles. The summed E-state index contributed by atoms with van der Waals surface area (Å²) in [6, 6.07) is 18.4. The second kappa shape index (κ2) is 9.55. The predicted octanol–water partition coefficient (Wildman–Crippen LogP) is 2.33. The molecule has 1 fully saturated rings. The topological polar surface area (TPSA) is 56.6 Å². The third-order valence-electron chi connectivity index (χ3n) is 5.77. The molecule has 0 bridgehead atoms. The van der Waals surface area contributed by atoms with Gasteiger partial charge < -0.3 is 14.7 Å². The molecule has 6 nitrogen and oxygen atoms in total. The van der Waals surface area contributed by atoms with Crippen LogP contribution in [0.4, 0.5) is 0 Å². The summed E-state index contributed by atoms with van der Waals surface area (Å²) < 4.78 is 10.1. The highest BCUT2D eigenvalue weighted by atomic mass is 32.1. The van der Waals surface area contributed by atoms with Gasteiger partial charge >= 0.3 is 0 Å². The molecule has 0 amide bonds. The standard InChI is InChI=1S/C23H28N4O2S/c1-29-21-9-7-19(8-10-21)22-24-27(17-25-14-12-20(28)13-15-25)23(30)26(22)16-11-18-5-3-2-4-6-18/h2-10,20,28H,11-17H2,1H3/p+1. The average Bonchev–Trinajstić information content (AvgIpc) is 3.10. The maximum Gasteiger partial charge on any atom is 0.203 e. The maximum absolute atomic E-state index is 9.79. The normalized spacial score (nSPS) is 19.0. The fourth-order valence-electron chi connectivity index (χ4n) is 3.97. The van der Waals surface area contributed by atoms with Gasteiger partial charge in [-0.1, -0.05) is 30.3 Å². The molecule has 0 atom stereocenters. The minimum absolute atomic E-state index is 0.167. The van der Waals surface area contributed by atoms with E-state index in [1.807, 2.05) is 35.0 Å². The molecule has 0 saturated carbocycles. The molecular weight excluding hydrogens is 396 g/mol. The smallest absolute Gasteiger partial charge is 0.203 e. The molecule has 2 heterocycles. The van der Waals surface area contributed by atoms with Crippen LogP contribution in [0.1, 0.15) is 18.4 Å². The second-order valence-corrected chi connectivity index (χ2v) is 8.23. The lowest BCUT2D eigenvalue weighted by atomic mass is 10.1. The number of benzene rings is 2. The highest BCUT2D eigenvalue weighted by Crippen LogP contribution is 2.22. The van der Waals surface area contributed by atoms with Crippen LogP contribution in [0.5, 0.6) is 5.75 Å². The molecule has 0 spiro atoms.